The van der Waals surface area contributed by atoms with E-state index in [4.69, 9.17) is 0 Å². The van der Waals surface area contributed by atoms with Gasteiger partial charge >= 0.3 is 0 Å². The maximum absolute atomic E-state index is 14.7. The highest BCUT2D eigenvalue weighted by Crippen LogP contribution is 2.24. The van der Waals surface area contributed by atoms with Gasteiger partial charge in [-0.15, -0.1) is 0 Å². The van der Waals surface area contributed by atoms with Crippen LogP contribution < -0.4 is 10.9 Å². The molecule has 3 aromatic heterocycles. The van der Waals surface area contributed by atoms with E-state index in [-0.39, 0.29) is 36.1 Å². The quantitative estimate of drug-likeness (QED) is 0.496. The number of nitrogens with zero attached hydrogens (tertiary/aromatic N) is 4. The minimum Gasteiger partial charge on any atom is -0.394 e. The van der Waals surface area contributed by atoms with Crippen LogP contribution in [0.4, 0.5) is 14.6 Å². The number of aliphatic hydroxyl groups is 1. The van der Waals surface area contributed by atoms with E-state index in [1.807, 2.05) is 0 Å². The van der Waals surface area contributed by atoms with Crippen molar-refractivity contribution in [1.82, 2.24) is 19.3 Å². The maximum Gasteiger partial charge on any atom is 0.266 e. The van der Waals surface area contributed by atoms with Gasteiger partial charge in [-0.2, -0.15) is 5.10 Å². The van der Waals surface area contributed by atoms with Gasteiger partial charge in [-0.05, 0) is 26.0 Å². The maximum atomic E-state index is 14.7. The lowest BCUT2D eigenvalue weighted by Crippen LogP contribution is -2.23. The molecule has 0 spiro atoms. The molecule has 0 aliphatic heterocycles. The van der Waals surface area contributed by atoms with Crippen molar-refractivity contribution in [1.29, 1.82) is 0 Å². The first-order valence-electron chi connectivity index (χ1n) is 9.74. The Morgan fingerprint density at radius 3 is 2.68 bits per heavy atom. The number of benzene rings is 1. The highest BCUT2D eigenvalue weighted by atomic mass is 19.1. The zero-order chi connectivity index (χ0) is 22.1. The standard InChI is InChI=1S/C22H21F2N5O2/c1-13(12-30)27-21-14(2)20(18(24)10-25-21)28-8-7-19-16(22(28)31)9-26-29(19)11-15-5-3-4-6-17(15)23/h3-10,13,30H,11-12H2,1-2H3,(H,25,27)/t13-/m0/s1. The zero-order valence-corrected chi connectivity index (χ0v) is 17.0. The summed E-state index contributed by atoms with van der Waals surface area (Å²) in [6.45, 7) is 3.44. The van der Waals surface area contributed by atoms with Crippen molar-refractivity contribution in [3.05, 3.63) is 82.0 Å². The van der Waals surface area contributed by atoms with Crippen LogP contribution in [-0.2, 0) is 6.54 Å². The molecule has 0 amide bonds. The molecule has 1 aromatic carbocycles. The summed E-state index contributed by atoms with van der Waals surface area (Å²) in [5.74, 6) is -0.633. The van der Waals surface area contributed by atoms with Gasteiger partial charge in [0.25, 0.3) is 5.56 Å². The molecular formula is C22H21F2N5O2. The average Bonchev–Trinajstić information content (AvgIpc) is 3.17. The average molecular weight is 425 g/mol. The predicted octanol–water partition coefficient (Wildman–Crippen LogP) is 3.01. The molecule has 0 fully saturated rings. The molecule has 0 unspecified atom stereocenters. The lowest BCUT2D eigenvalue weighted by Gasteiger charge is -2.17. The molecule has 3 heterocycles. The summed E-state index contributed by atoms with van der Waals surface area (Å²) in [5.41, 5.74) is 1.01. The fraction of sp³-hybridized carbons (Fsp3) is 0.227. The first-order valence-corrected chi connectivity index (χ1v) is 9.74. The second-order valence-corrected chi connectivity index (χ2v) is 7.34. The number of hydrogen-bond acceptors (Lipinski definition) is 5. The molecule has 0 saturated heterocycles. The van der Waals surface area contributed by atoms with Gasteiger partial charge < -0.3 is 10.4 Å². The van der Waals surface area contributed by atoms with E-state index < -0.39 is 11.4 Å². The zero-order valence-electron chi connectivity index (χ0n) is 17.0. The minimum atomic E-state index is -0.653. The molecule has 2 N–H and O–H groups in total. The Balaban J connectivity index is 1.79. The molecule has 9 heteroatoms. The Labute approximate surface area is 176 Å². The number of halogens is 2. The predicted molar refractivity (Wildman–Crippen MR) is 113 cm³/mol. The molecular weight excluding hydrogens is 404 g/mol. The fourth-order valence-corrected chi connectivity index (χ4v) is 3.46. The Bertz CT molecular complexity index is 1320. The number of aromatic nitrogens is 4. The Kier molecular flexibility index (Phi) is 5.51. The highest BCUT2D eigenvalue weighted by Gasteiger charge is 2.18. The summed E-state index contributed by atoms with van der Waals surface area (Å²) < 4.78 is 31.4. The third kappa shape index (κ3) is 3.79. The number of hydrogen-bond donors (Lipinski definition) is 2. The van der Waals surface area contributed by atoms with Crippen LogP contribution in [0.25, 0.3) is 16.6 Å². The van der Waals surface area contributed by atoms with Crippen molar-refractivity contribution in [2.75, 3.05) is 11.9 Å². The van der Waals surface area contributed by atoms with E-state index in [9.17, 15) is 18.7 Å². The van der Waals surface area contributed by atoms with Crippen LogP contribution in [0, 0.1) is 18.6 Å². The number of fused-ring (bicyclic) bond motifs is 1. The van der Waals surface area contributed by atoms with Crippen LogP contribution in [0.3, 0.4) is 0 Å². The summed E-state index contributed by atoms with van der Waals surface area (Å²) in [5, 5.41) is 16.8. The van der Waals surface area contributed by atoms with Crippen molar-refractivity contribution in [2.45, 2.75) is 26.4 Å². The normalized spacial score (nSPS) is 12.3. The van der Waals surface area contributed by atoms with Crippen molar-refractivity contribution >= 4 is 16.7 Å². The van der Waals surface area contributed by atoms with Crippen molar-refractivity contribution in [2.24, 2.45) is 0 Å². The van der Waals surface area contributed by atoms with Gasteiger partial charge in [0.2, 0.25) is 0 Å². The molecule has 31 heavy (non-hydrogen) atoms. The lowest BCUT2D eigenvalue weighted by atomic mass is 10.2. The van der Waals surface area contributed by atoms with E-state index in [2.05, 4.69) is 15.4 Å². The van der Waals surface area contributed by atoms with Crippen LogP contribution in [0.5, 0.6) is 0 Å². The smallest absolute Gasteiger partial charge is 0.266 e. The van der Waals surface area contributed by atoms with Crippen molar-refractivity contribution in [3.8, 4) is 5.69 Å². The molecule has 160 valence electrons. The summed E-state index contributed by atoms with van der Waals surface area (Å²) in [6, 6.07) is 7.71. The Hall–Kier alpha value is -3.59. The van der Waals surface area contributed by atoms with Gasteiger partial charge in [0.15, 0.2) is 5.82 Å². The summed E-state index contributed by atoms with van der Waals surface area (Å²) in [7, 11) is 0. The monoisotopic (exact) mass is 425 g/mol. The number of nitrogens with one attached hydrogen (secondary N) is 1. The van der Waals surface area contributed by atoms with Gasteiger partial charge in [0.1, 0.15) is 11.6 Å². The first kappa shape index (κ1) is 20.7. The lowest BCUT2D eigenvalue weighted by molar-refractivity contribution is 0.281. The van der Waals surface area contributed by atoms with Crippen molar-refractivity contribution < 1.29 is 13.9 Å². The van der Waals surface area contributed by atoms with Crippen LogP contribution in [0.1, 0.15) is 18.1 Å². The molecule has 4 rings (SSSR count). The minimum absolute atomic E-state index is 0.0661. The van der Waals surface area contributed by atoms with Crippen LogP contribution in [0.15, 0.2) is 53.7 Å². The van der Waals surface area contributed by atoms with E-state index in [1.54, 1.807) is 38.1 Å². The molecule has 4 aromatic rings. The number of pyridine rings is 2. The molecule has 1 atom stereocenters. The third-order valence-corrected chi connectivity index (χ3v) is 5.13. The third-order valence-electron chi connectivity index (χ3n) is 5.13. The topological polar surface area (TPSA) is 85.0 Å². The van der Waals surface area contributed by atoms with Crippen molar-refractivity contribution in [3.63, 3.8) is 0 Å². The Morgan fingerprint density at radius 2 is 1.94 bits per heavy atom. The summed E-state index contributed by atoms with van der Waals surface area (Å²) >= 11 is 0. The van der Waals surface area contributed by atoms with E-state index >= 15 is 0 Å². The van der Waals surface area contributed by atoms with Gasteiger partial charge in [-0.1, -0.05) is 18.2 Å². The molecule has 0 bridgehead atoms. The fourth-order valence-electron chi connectivity index (χ4n) is 3.46. The van der Waals surface area contributed by atoms with Gasteiger partial charge in [0.05, 0.1) is 42.1 Å². The van der Waals surface area contributed by atoms with Crippen LogP contribution in [-0.4, -0.2) is 37.1 Å². The molecule has 7 nitrogen and oxygen atoms in total. The molecule has 0 saturated carbocycles. The molecule has 0 aliphatic rings. The van der Waals surface area contributed by atoms with Gasteiger partial charge in [-0.25, -0.2) is 13.8 Å². The Morgan fingerprint density at radius 1 is 1.16 bits per heavy atom. The highest BCUT2D eigenvalue weighted by molar-refractivity contribution is 5.78. The van der Waals surface area contributed by atoms with Crippen LogP contribution in [0.2, 0.25) is 0 Å². The summed E-state index contributed by atoms with van der Waals surface area (Å²) in [6.07, 6.45) is 3.90. The summed E-state index contributed by atoms with van der Waals surface area (Å²) in [4.78, 5) is 17.2. The largest absolute Gasteiger partial charge is 0.394 e. The van der Waals surface area contributed by atoms with E-state index in [0.717, 1.165) is 6.20 Å². The van der Waals surface area contributed by atoms with E-state index in [0.29, 0.717) is 22.5 Å². The van der Waals surface area contributed by atoms with E-state index in [1.165, 1.54) is 27.7 Å². The van der Waals surface area contributed by atoms with Gasteiger partial charge in [0, 0.05) is 23.4 Å². The van der Waals surface area contributed by atoms with Crippen LogP contribution >= 0.6 is 0 Å². The number of aliphatic hydroxyl groups excluding tert-OH is 1. The molecule has 0 radical (unpaired) electrons. The SMILES string of the molecule is Cc1c(N[C@@H](C)CO)ncc(F)c1-n1ccc2c(cnn2Cc2ccccc2F)c1=O. The van der Waals surface area contributed by atoms with Gasteiger partial charge in [-0.3, -0.25) is 14.0 Å². The molecule has 0 aliphatic carbocycles. The number of anilines is 1. The first-order chi connectivity index (χ1) is 14.9. The number of rotatable bonds is 6. The second kappa shape index (κ2) is 8.27. The second-order valence-electron chi connectivity index (χ2n) is 7.34.